The summed E-state index contributed by atoms with van der Waals surface area (Å²) < 4.78 is 3.94. The van der Waals surface area contributed by atoms with E-state index in [1.165, 1.54) is 22.0 Å². The predicted octanol–water partition coefficient (Wildman–Crippen LogP) is 3.02. The molecule has 0 aliphatic rings. The van der Waals surface area contributed by atoms with Crippen LogP contribution in [0, 0.1) is 6.92 Å². The van der Waals surface area contributed by atoms with Crippen molar-refractivity contribution in [2.45, 2.75) is 26.2 Å². The molecule has 78 valence electrons. The number of aromatic nitrogens is 2. The molecule has 0 radical (unpaired) electrons. The maximum Gasteiger partial charge on any atom is 0.0784 e. The van der Waals surface area contributed by atoms with Crippen LogP contribution < -0.4 is 0 Å². The van der Waals surface area contributed by atoms with Gasteiger partial charge in [0.25, 0.3) is 0 Å². The molecule has 1 aromatic heterocycles. The molecule has 2 nitrogen and oxygen atoms in total. The van der Waals surface area contributed by atoms with Gasteiger partial charge in [-0.2, -0.15) is 0 Å². The molecule has 0 aliphatic carbocycles. The first-order valence-electron chi connectivity index (χ1n) is 5.18. The van der Waals surface area contributed by atoms with Crippen molar-refractivity contribution in [1.29, 1.82) is 0 Å². The number of benzene rings is 1. The molecule has 0 spiro atoms. The summed E-state index contributed by atoms with van der Waals surface area (Å²) >= 11 is 1.49. The van der Waals surface area contributed by atoms with Gasteiger partial charge in [-0.15, -0.1) is 5.10 Å². The second-order valence-corrected chi connectivity index (χ2v) is 4.57. The Morgan fingerprint density at radius 3 is 2.60 bits per heavy atom. The molecule has 3 heteroatoms. The molecule has 15 heavy (non-hydrogen) atoms. The van der Waals surface area contributed by atoms with E-state index in [0.717, 1.165) is 25.0 Å². The van der Waals surface area contributed by atoms with Crippen LogP contribution in [0.5, 0.6) is 0 Å². The van der Waals surface area contributed by atoms with Crippen LogP contribution in [-0.2, 0) is 12.8 Å². The summed E-state index contributed by atoms with van der Waals surface area (Å²) in [4.78, 5) is 1.25. The molecular weight excluding hydrogens is 204 g/mol. The van der Waals surface area contributed by atoms with Crippen molar-refractivity contribution >= 4 is 11.5 Å². The standard InChI is InChI=1S/C12H14N2S/c1-10-12(13-14-15-10)9-5-8-11-6-3-2-4-7-11/h2-4,6-7H,5,8-9H2,1H3. The van der Waals surface area contributed by atoms with Gasteiger partial charge >= 0.3 is 0 Å². The van der Waals surface area contributed by atoms with Crippen LogP contribution in [0.2, 0.25) is 0 Å². The van der Waals surface area contributed by atoms with Gasteiger partial charge in [-0.25, -0.2) is 0 Å². The van der Waals surface area contributed by atoms with E-state index in [1.807, 2.05) is 0 Å². The minimum Gasteiger partial charge on any atom is -0.143 e. The first kappa shape index (κ1) is 10.3. The van der Waals surface area contributed by atoms with Crippen molar-refractivity contribution < 1.29 is 0 Å². The largest absolute Gasteiger partial charge is 0.143 e. The third-order valence-corrected chi connectivity index (χ3v) is 3.14. The van der Waals surface area contributed by atoms with Gasteiger partial charge in [0.05, 0.1) is 5.69 Å². The molecule has 0 saturated carbocycles. The maximum absolute atomic E-state index is 4.12. The van der Waals surface area contributed by atoms with Crippen LogP contribution in [0.15, 0.2) is 30.3 Å². The van der Waals surface area contributed by atoms with E-state index >= 15 is 0 Å². The molecule has 0 aliphatic heterocycles. The highest BCUT2D eigenvalue weighted by molar-refractivity contribution is 7.05. The number of aryl methyl sites for hydroxylation is 3. The summed E-state index contributed by atoms with van der Waals surface area (Å²) in [5, 5.41) is 4.12. The van der Waals surface area contributed by atoms with Crippen molar-refractivity contribution in [3.05, 3.63) is 46.5 Å². The van der Waals surface area contributed by atoms with E-state index in [0.29, 0.717) is 0 Å². The molecule has 0 N–H and O–H groups in total. The van der Waals surface area contributed by atoms with Gasteiger partial charge < -0.3 is 0 Å². The molecule has 2 aromatic rings. The topological polar surface area (TPSA) is 25.8 Å². The second kappa shape index (κ2) is 5.03. The summed E-state index contributed by atoms with van der Waals surface area (Å²) in [5.41, 5.74) is 2.56. The first-order chi connectivity index (χ1) is 7.36. The minimum atomic E-state index is 1.04. The lowest BCUT2D eigenvalue weighted by Gasteiger charge is -1.99. The number of nitrogens with zero attached hydrogens (tertiary/aromatic N) is 2. The smallest absolute Gasteiger partial charge is 0.0784 e. The van der Waals surface area contributed by atoms with Crippen LogP contribution in [0.1, 0.15) is 22.6 Å². The van der Waals surface area contributed by atoms with Gasteiger partial charge in [0.2, 0.25) is 0 Å². The third kappa shape index (κ3) is 2.86. The van der Waals surface area contributed by atoms with Gasteiger partial charge in [-0.1, -0.05) is 34.8 Å². The second-order valence-electron chi connectivity index (χ2n) is 3.61. The van der Waals surface area contributed by atoms with Crippen molar-refractivity contribution in [3.8, 4) is 0 Å². The fourth-order valence-corrected chi connectivity index (χ4v) is 2.09. The van der Waals surface area contributed by atoms with E-state index in [1.54, 1.807) is 0 Å². The summed E-state index contributed by atoms with van der Waals surface area (Å²) in [6.45, 7) is 2.09. The molecule has 0 amide bonds. The zero-order chi connectivity index (χ0) is 10.5. The van der Waals surface area contributed by atoms with Crippen LogP contribution >= 0.6 is 11.5 Å². The lowest BCUT2D eigenvalue weighted by atomic mass is 10.1. The Hall–Kier alpha value is -1.22. The van der Waals surface area contributed by atoms with E-state index in [-0.39, 0.29) is 0 Å². The van der Waals surface area contributed by atoms with Crippen LogP contribution in [0.25, 0.3) is 0 Å². The van der Waals surface area contributed by atoms with Crippen molar-refractivity contribution in [2.24, 2.45) is 0 Å². The van der Waals surface area contributed by atoms with E-state index in [4.69, 9.17) is 0 Å². The Kier molecular flexibility index (Phi) is 3.45. The van der Waals surface area contributed by atoms with Gasteiger partial charge in [0.15, 0.2) is 0 Å². The summed E-state index contributed by atoms with van der Waals surface area (Å²) in [5.74, 6) is 0. The molecule has 0 bridgehead atoms. The summed E-state index contributed by atoms with van der Waals surface area (Å²) in [7, 11) is 0. The number of hydrogen-bond acceptors (Lipinski definition) is 3. The van der Waals surface area contributed by atoms with Crippen LogP contribution in [0.3, 0.4) is 0 Å². The van der Waals surface area contributed by atoms with Gasteiger partial charge in [0, 0.05) is 4.88 Å². The Bertz CT molecular complexity index is 409. The Balaban J connectivity index is 1.83. The molecule has 1 aromatic carbocycles. The molecule has 0 atom stereocenters. The third-order valence-electron chi connectivity index (χ3n) is 2.47. The summed E-state index contributed by atoms with van der Waals surface area (Å²) in [6, 6.07) is 10.6. The van der Waals surface area contributed by atoms with E-state index in [9.17, 15) is 0 Å². The Morgan fingerprint density at radius 2 is 1.93 bits per heavy atom. The zero-order valence-electron chi connectivity index (χ0n) is 8.81. The Labute approximate surface area is 94.1 Å². The normalized spacial score (nSPS) is 10.5. The van der Waals surface area contributed by atoms with Crippen LogP contribution in [0.4, 0.5) is 0 Å². The van der Waals surface area contributed by atoms with Gasteiger partial charge in [-0.05, 0) is 43.3 Å². The highest BCUT2D eigenvalue weighted by Gasteiger charge is 2.02. The fraction of sp³-hybridized carbons (Fsp3) is 0.333. The van der Waals surface area contributed by atoms with Crippen molar-refractivity contribution in [1.82, 2.24) is 9.59 Å². The van der Waals surface area contributed by atoms with Crippen LogP contribution in [-0.4, -0.2) is 9.59 Å². The molecule has 0 fully saturated rings. The zero-order valence-corrected chi connectivity index (χ0v) is 9.63. The number of hydrogen-bond donors (Lipinski definition) is 0. The lowest BCUT2D eigenvalue weighted by molar-refractivity contribution is 0.789. The molecular formula is C12H14N2S. The lowest BCUT2D eigenvalue weighted by Crippen LogP contribution is -1.91. The average molecular weight is 218 g/mol. The maximum atomic E-state index is 4.12. The van der Waals surface area contributed by atoms with Gasteiger partial charge in [0.1, 0.15) is 0 Å². The number of rotatable bonds is 4. The van der Waals surface area contributed by atoms with E-state index < -0.39 is 0 Å². The first-order valence-corrected chi connectivity index (χ1v) is 5.95. The Morgan fingerprint density at radius 1 is 1.13 bits per heavy atom. The fourth-order valence-electron chi connectivity index (χ4n) is 1.58. The molecule has 2 rings (SSSR count). The minimum absolute atomic E-state index is 1.04. The van der Waals surface area contributed by atoms with Gasteiger partial charge in [-0.3, -0.25) is 0 Å². The SMILES string of the molecule is Cc1snnc1CCCc1ccccc1. The quantitative estimate of drug-likeness (QED) is 0.788. The highest BCUT2D eigenvalue weighted by Crippen LogP contribution is 2.12. The predicted molar refractivity (Wildman–Crippen MR) is 63.1 cm³/mol. The average Bonchev–Trinajstić information content (AvgIpc) is 2.66. The molecule has 0 saturated heterocycles. The van der Waals surface area contributed by atoms with Crippen molar-refractivity contribution in [2.75, 3.05) is 0 Å². The summed E-state index contributed by atoms with van der Waals surface area (Å²) in [6.07, 6.45) is 3.31. The van der Waals surface area contributed by atoms with E-state index in [2.05, 4.69) is 46.8 Å². The monoisotopic (exact) mass is 218 g/mol. The molecule has 0 unspecified atom stereocenters. The van der Waals surface area contributed by atoms with Crippen molar-refractivity contribution in [3.63, 3.8) is 0 Å². The molecule has 1 heterocycles. The highest BCUT2D eigenvalue weighted by atomic mass is 32.1.